The average molecular weight is 236 g/mol. The van der Waals surface area contributed by atoms with Gasteiger partial charge in [-0.05, 0) is 50.7 Å². The van der Waals surface area contributed by atoms with E-state index in [1.54, 1.807) is 0 Å². The summed E-state index contributed by atoms with van der Waals surface area (Å²) in [5.41, 5.74) is 0. The van der Waals surface area contributed by atoms with Crippen molar-refractivity contribution in [1.29, 1.82) is 0 Å². The molecule has 3 unspecified atom stereocenters. The van der Waals surface area contributed by atoms with Crippen molar-refractivity contribution in [3.8, 4) is 0 Å². The molecule has 17 heavy (non-hydrogen) atoms. The van der Waals surface area contributed by atoms with Crippen molar-refractivity contribution in [2.75, 3.05) is 26.2 Å². The highest BCUT2D eigenvalue weighted by Gasteiger charge is 2.33. The topological polar surface area (TPSA) is 15.3 Å². The fourth-order valence-corrected chi connectivity index (χ4v) is 4.17. The first-order valence-electron chi connectivity index (χ1n) is 7.87. The Balaban J connectivity index is 1.36. The highest BCUT2D eigenvalue weighted by Crippen LogP contribution is 2.28. The Morgan fingerprint density at radius 1 is 0.941 bits per heavy atom. The Morgan fingerprint density at radius 2 is 1.76 bits per heavy atom. The van der Waals surface area contributed by atoms with E-state index in [0.717, 1.165) is 17.9 Å². The Morgan fingerprint density at radius 3 is 2.65 bits per heavy atom. The smallest absolute Gasteiger partial charge is 0.0120 e. The van der Waals surface area contributed by atoms with Crippen LogP contribution in [0.3, 0.4) is 0 Å². The minimum atomic E-state index is 0.845. The van der Waals surface area contributed by atoms with Crippen molar-refractivity contribution in [3.63, 3.8) is 0 Å². The molecule has 0 aromatic carbocycles. The first-order chi connectivity index (χ1) is 8.42. The van der Waals surface area contributed by atoms with E-state index in [-0.39, 0.29) is 0 Å². The summed E-state index contributed by atoms with van der Waals surface area (Å²) in [6.07, 6.45) is 11.8. The van der Waals surface area contributed by atoms with Crippen LogP contribution >= 0.6 is 0 Å². The standard InChI is InChI=1S/C15H28N2/c1-2-4-13(5-3-1)6-9-16-15-8-11-17-10-7-14(15)12-17/h13-16H,1-12H2. The SMILES string of the molecule is C1CCC(CCNC2CCN3CCC2C3)CC1. The zero-order chi connectivity index (χ0) is 11.5. The molecule has 1 saturated carbocycles. The summed E-state index contributed by atoms with van der Waals surface area (Å²) in [6.45, 7) is 5.37. The largest absolute Gasteiger partial charge is 0.314 e. The lowest BCUT2D eigenvalue weighted by molar-refractivity contribution is 0.216. The molecular weight excluding hydrogens is 208 g/mol. The van der Waals surface area contributed by atoms with Crippen LogP contribution in [0.25, 0.3) is 0 Å². The van der Waals surface area contributed by atoms with Gasteiger partial charge < -0.3 is 10.2 Å². The Labute approximate surface area is 106 Å². The summed E-state index contributed by atoms with van der Waals surface area (Å²) in [5, 5.41) is 3.87. The van der Waals surface area contributed by atoms with E-state index in [0.29, 0.717) is 0 Å². The molecule has 98 valence electrons. The van der Waals surface area contributed by atoms with Crippen LogP contribution in [-0.2, 0) is 0 Å². The number of rotatable bonds is 4. The van der Waals surface area contributed by atoms with Crippen LogP contribution in [0.5, 0.6) is 0 Å². The maximum Gasteiger partial charge on any atom is 0.0120 e. The van der Waals surface area contributed by atoms with Crippen LogP contribution in [-0.4, -0.2) is 37.1 Å². The van der Waals surface area contributed by atoms with Gasteiger partial charge in [-0.3, -0.25) is 0 Å². The highest BCUT2D eigenvalue weighted by atomic mass is 15.2. The Hall–Kier alpha value is -0.0800. The van der Waals surface area contributed by atoms with Gasteiger partial charge in [0.05, 0.1) is 0 Å². The molecular formula is C15H28N2. The quantitative estimate of drug-likeness (QED) is 0.807. The van der Waals surface area contributed by atoms with Crippen molar-refractivity contribution in [2.24, 2.45) is 11.8 Å². The van der Waals surface area contributed by atoms with Crippen molar-refractivity contribution >= 4 is 0 Å². The van der Waals surface area contributed by atoms with E-state index >= 15 is 0 Å². The second-order valence-electron chi connectivity index (χ2n) is 6.49. The van der Waals surface area contributed by atoms with Gasteiger partial charge in [0, 0.05) is 12.6 Å². The lowest BCUT2D eigenvalue weighted by Gasteiger charge is -2.32. The summed E-state index contributed by atoms with van der Waals surface area (Å²) in [7, 11) is 0. The van der Waals surface area contributed by atoms with Gasteiger partial charge in [-0.1, -0.05) is 32.1 Å². The van der Waals surface area contributed by atoms with Gasteiger partial charge in [-0.2, -0.15) is 0 Å². The molecule has 3 fully saturated rings. The van der Waals surface area contributed by atoms with E-state index in [2.05, 4.69) is 10.2 Å². The lowest BCUT2D eigenvalue weighted by Crippen LogP contribution is -2.44. The molecule has 0 spiro atoms. The van der Waals surface area contributed by atoms with Crippen LogP contribution in [0, 0.1) is 11.8 Å². The third kappa shape index (κ3) is 3.03. The third-order valence-electron chi connectivity index (χ3n) is 5.32. The second-order valence-corrected chi connectivity index (χ2v) is 6.49. The van der Waals surface area contributed by atoms with Gasteiger partial charge in [-0.25, -0.2) is 0 Å². The predicted octanol–water partition coefficient (Wildman–Crippen LogP) is 2.64. The number of nitrogens with zero attached hydrogens (tertiary/aromatic N) is 1. The monoisotopic (exact) mass is 236 g/mol. The minimum Gasteiger partial charge on any atom is -0.314 e. The summed E-state index contributed by atoms with van der Waals surface area (Å²) in [5.74, 6) is 2.01. The molecule has 2 aliphatic heterocycles. The van der Waals surface area contributed by atoms with Gasteiger partial charge in [-0.15, -0.1) is 0 Å². The second kappa shape index (κ2) is 5.71. The van der Waals surface area contributed by atoms with Crippen molar-refractivity contribution < 1.29 is 0 Å². The predicted molar refractivity (Wildman–Crippen MR) is 72.1 cm³/mol. The summed E-state index contributed by atoms with van der Waals surface area (Å²) >= 11 is 0. The van der Waals surface area contributed by atoms with Crippen molar-refractivity contribution in [1.82, 2.24) is 10.2 Å². The zero-order valence-corrected chi connectivity index (χ0v) is 11.2. The molecule has 0 aromatic rings. The molecule has 3 rings (SSSR count). The maximum atomic E-state index is 3.87. The van der Waals surface area contributed by atoms with Crippen LogP contribution < -0.4 is 5.32 Å². The van der Waals surface area contributed by atoms with Gasteiger partial charge in [0.15, 0.2) is 0 Å². The number of hydrogen-bond acceptors (Lipinski definition) is 2. The normalized spacial score (nSPS) is 38.5. The number of nitrogens with one attached hydrogen (secondary N) is 1. The lowest BCUT2D eigenvalue weighted by atomic mass is 9.86. The van der Waals surface area contributed by atoms with Crippen molar-refractivity contribution in [3.05, 3.63) is 0 Å². The number of hydrogen-bond donors (Lipinski definition) is 1. The molecule has 0 radical (unpaired) electrons. The summed E-state index contributed by atoms with van der Waals surface area (Å²) in [6, 6.07) is 0.845. The van der Waals surface area contributed by atoms with E-state index in [1.165, 1.54) is 77.5 Å². The third-order valence-corrected chi connectivity index (χ3v) is 5.32. The molecule has 3 aliphatic rings. The number of piperidine rings is 1. The number of fused-ring (bicyclic) bond motifs is 2. The average Bonchev–Trinajstić information content (AvgIpc) is 2.76. The van der Waals surface area contributed by atoms with Crippen LogP contribution in [0.4, 0.5) is 0 Å². The van der Waals surface area contributed by atoms with Gasteiger partial charge >= 0.3 is 0 Å². The van der Waals surface area contributed by atoms with Crippen molar-refractivity contribution in [2.45, 2.75) is 57.4 Å². The molecule has 2 saturated heterocycles. The van der Waals surface area contributed by atoms with Crippen LogP contribution in [0.1, 0.15) is 51.4 Å². The molecule has 0 aromatic heterocycles. The van der Waals surface area contributed by atoms with E-state index < -0.39 is 0 Å². The maximum absolute atomic E-state index is 3.87. The Kier molecular flexibility index (Phi) is 4.02. The molecule has 0 amide bonds. The van der Waals surface area contributed by atoms with Gasteiger partial charge in [0.25, 0.3) is 0 Å². The van der Waals surface area contributed by atoms with Gasteiger partial charge in [0.1, 0.15) is 0 Å². The Bertz CT molecular complexity index is 235. The molecule has 2 heterocycles. The van der Waals surface area contributed by atoms with Gasteiger partial charge in [0.2, 0.25) is 0 Å². The van der Waals surface area contributed by atoms with Crippen LogP contribution in [0.15, 0.2) is 0 Å². The molecule has 1 N–H and O–H groups in total. The van der Waals surface area contributed by atoms with E-state index in [4.69, 9.17) is 0 Å². The first kappa shape index (κ1) is 12.0. The van der Waals surface area contributed by atoms with E-state index in [1.807, 2.05) is 0 Å². The summed E-state index contributed by atoms with van der Waals surface area (Å²) in [4.78, 5) is 2.64. The molecule has 2 nitrogen and oxygen atoms in total. The highest BCUT2D eigenvalue weighted by molar-refractivity contribution is 4.90. The van der Waals surface area contributed by atoms with E-state index in [9.17, 15) is 0 Å². The fourth-order valence-electron chi connectivity index (χ4n) is 4.17. The fraction of sp³-hybridized carbons (Fsp3) is 1.00. The molecule has 2 heteroatoms. The minimum absolute atomic E-state index is 0.845. The van der Waals surface area contributed by atoms with Crippen LogP contribution in [0.2, 0.25) is 0 Å². The molecule has 2 bridgehead atoms. The molecule has 1 aliphatic carbocycles. The molecule has 3 atom stereocenters. The first-order valence-corrected chi connectivity index (χ1v) is 7.87. The zero-order valence-electron chi connectivity index (χ0n) is 11.2. The summed E-state index contributed by atoms with van der Waals surface area (Å²) < 4.78 is 0.